The first-order chi connectivity index (χ1) is 10.1. The van der Waals surface area contributed by atoms with Crippen LogP contribution in [-0.2, 0) is 6.42 Å². The summed E-state index contributed by atoms with van der Waals surface area (Å²) in [6.45, 7) is 2.35. The van der Waals surface area contributed by atoms with E-state index in [9.17, 15) is 5.11 Å². The molecule has 0 spiro atoms. The largest absolute Gasteiger partial charge is 0.497 e. The van der Waals surface area contributed by atoms with E-state index < -0.39 is 0 Å². The molecule has 21 heavy (non-hydrogen) atoms. The fraction of sp³-hybridized carbons (Fsp3) is 0.667. The lowest BCUT2D eigenvalue weighted by atomic mass is 9.86. The molecule has 1 aromatic carbocycles. The van der Waals surface area contributed by atoms with E-state index in [1.165, 1.54) is 31.2 Å². The van der Waals surface area contributed by atoms with Crippen LogP contribution in [0.5, 0.6) is 5.75 Å². The second-order valence-corrected chi connectivity index (χ2v) is 6.86. The van der Waals surface area contributed by atoms with Gasteiger partial charge in [0.05, 0.1) is 13.2 Å². The lowest BCUT2D eigenvalue weighted by molar-refractivity contribution is 0.0365. The molecule has 0 heterocycles. The maximum Gasteiger partial charge on any atom is 0.119 e. The minimum atomic E-state index is -0.389. The molecule has 0 radical (unpaired) electrons. The molecule has 3 rings (SSSR count). The topological polar surface area (TPSA) is 32.7 Å². The second-order valence-electron chi connectivity index (χ2n) is 6.86. The Morgan fingerprint density at radius 1 is 1.19 bits per heavy atom. The molecule has 0 amide bonds. The Kier molecular flexibility index (Phi) is 4.23. The summed E-state index contributed by atoms with van der Waals surface area (Å²) in [6.07, 6.45) is 5.72. The highest BCUT2D eigenvalue weighted by Crippen LogP contribution is 2.38. The molecule has 0 saturated heterocycles. The maximum absolute atomic E-state index is 10.7. The van der Waals surface area contributed by atoms with Gasteiger partial charge in [-0.2, -0.15) is 0 Å². The average Bonchev–Trinajstić information content (AvgIpc) is 2.84. The van der Waals surface area contributed by atoms with Crippen molar-refractivity contribution in [2.75, 3.05) is 14.2 Å². The molecule has 3 heteroatoms. The number of fused-ring (bicyclic) bond motifs is 1. The number of hydrogen-bond acceptors (Lipinski definition) is 3. The zero-order valence-electron chi connectivity index (χ0n) is 13.4. The summed E-state index contributed by atoms with van der Waals surface area (Å²) in [4.78, 5) is 2.43. The number of aliphatic hydroxyl groups excluding tert-OH is 1. The van der Waals surface area contributed by atoms with Crippen LogP contribution in [0, 0.1) is 5.92 Å². The van der Waals surface area contributed by atoms with E-state index in [-0.39, 0.29) is 12.1 Å². The smallest absolute Gasteiger partial charge is 0.119 e. The van der Waals surface area contributed by atoms with E-state index in [0.29, 0.717) is 6.04 Å². The van der Waals surface area contributed by atoms with Crippen LogP contribution < -0.4 is 4.74 Å². The van der Waals surface area contributed by atoms with Crippen LogP contribution in [0.2, 0.25) is 0 Å². The van der Waals surface area contributed by atoms with Gasteiger partial charge in [-0.05, 0) is 68.3 Å². The Morgan fingerprint density at radius 3 is 2.57 bits per heavy atom. The fourth-order valence-electron chi connectivity index (χ4n) is 3.99. The lowest BCUT2D eigenvalue weighted by Crippen LogP contribution is -2.44. The van der Waals surface area contributed by atoms with Crippen LogP contribution in [0.3, 0.4) is 0 Å². The number of aliphatic hydroxyl groups is 1. The Balaban J connectivity index is 1.73. The number of benzene rings is 1. The Hall–Kier alpha value is -1.06. The van der Waals surface area contributed by atoms with Crippen molar-refractivity contribution in [3.63, 3.8) is 0 Å². The summed E-state index contributed by atoms with van der Waals surface area (Å²) in [7, 11) is 3.87. The molecule has 1 aromatic rings. The summed E-state index contributed by atoms with van der Waals surface area (Å²) in [5.41, 5.74) is 2.32. The predicted molar refractivity (Wildman–Crippen MR) is 84.6 cm³/mol. The monoisotopic (exact) mass is 289 g/mol. The van der Waals surface area contributed by atoms with Crippen molar-refractivity contribution in [1.82, 2.24) is 4.90 Å². The van der Waals surface area contributed by atoms with Gasteiger partial charge in [-0.1, -0.05) is 13.0 Å². The summed E-state index contributed by atoms with van der Waals surface area (Å²) in [6, 6.07) is 6.93. The Bertz CT molecular complexity index is 494. The first-order valence-corrected chi connectivity index (χ1v) is 8.17. The molecular formula is C18H27NO2. The van der Waals surface area contributed by atoms with Crippen LogP contribution in [0.4, 0.5) is 0 Å². The number of hydrogen-bond donors (Lipinski definition) is 1. The standard InChI is InChI=1S/C18H27NO2/c1-12-4-7-14(8-5-12)19(2)17-10-13-6-9-15(21-3)11-16(13)18(17)20/h6,9,11-12,14,17-18,20H,4-5,7-8,10H2,1-3H3. The summed E-state index contributed by atoms with van der Waals surface area (Å²) < 4.78 is 5.29. The predicted octanol–water partition coefficient (Wildman–Crippen LogP) is 3.16. The third-order valence-electron chi connectivity index (χ3n) is 5.55. The number of methoxy groups -OCH3 is 1. The third-order valence-corrected chi connectivity index (χ3v) is 5.55. The van der Waals surface area contributed by atoms with Gasteiger partial charge < -0.3 is 9.84 Å². The van der Waals surface area contributed by atoms with Gasteiger partial charge in [-0.25, -0.2) is 0 Å². The Morgan fingerprint density at radius 2 is 1.90 bits per heavy atom. The molecule has 1 saturated carbocycles. The third kappa shape index (κ3) is 2.82. The van der Waals surface area contributed by atoms with Crippen LogP contribution in [-0.4, -0.2) is 36.2 Å². The molecule has 1 fully saturated rings. The van der Waals surface area contributed by atoms with Crippen molar-refractivity contribution < 1.29 is 9.84 Å². The van der Waals surface area contributed by atoms with Crippen molar-refractivity contribution in [3.05, 3.63) is 29.3 Å². The number of likely N-dealkylation sites (N-methyl/N-ethyl adjacent to an activating group) is 1. The van der Waals surface area contributed by atoms with Gasteiger partial charge in [0, 0.05) is 12.1 Å². The van der Waals surface area contributed by atoms with Crippen molar-refractivity contribution in [1.29, 1.82) is 0 Å². The minimum absolute atomic E-state index is 0.213. The van der Waals surface area contributed by atoms with Gasteiger partial charge >= 0.3 is 0 Å². The molecule has 3 nitrogen and oxygen atoms in total. The van der Waals surface area contributed by atoms with E-state index in [2.05, 4.69) is 24.9 Å². The van der Waals surface area contributed by atoms with Gasteiger partial charge in [0.15, 0.2) is 0 Å². The highest BCUT2D eigenvalue weighted by Gasteiger charge is 2.37. The molecule has 2 unspecified atom stereocenters. The SMILES string of the molecule is COc1ccc2c(c1)C(O)C(N(C)C1CCC(C)CC1)C2. The zero-order chi connectivity index (χ0) is 15.0. The first-order valence-electron chi connectivity index (χ1n) is 8.17. The van der Waals surface area contributed by atoms with Crippen molar-refractivity contribution in [2.45, 2.75) is 57.2 Å². The second kappa shape index (κ2) is 5.98. The van der Waals surface area contributed by atoms with E-state index in [1.54, 1.807) is 7.11 Å². The van der Waals surface area contributed by atoms with Crippen molar-refractivity contribution >= 4 is 0 Å². The van der Waals surface area contributed by atoms with E-state index >= 15 is 0 Å². The first kappa shape index (κ1) is 14.9. The summed E-state index contributed by atoms with van der Waals surface area (Å²) >= 11 is 0. The normalized spacial score (nSPS) is 32.2. The van der Waals surface area contributed by atoms with Crippen LogP contribution in [0.15, 0.2) is 18.2 Å². The summed E-state index contributed by atoms with van der Waals surface area (Å²) in [5.74, 6) is 1.70. The lowest BCUT2D eigenvalue weighted by Gasteiger charge is -2.38. The molecule has 2 aliphatic carbocycles. The van der Waals surface area contributed by atoms with E-state index in [0.717, 1.165) is 23.7 Å². The van der Waals surface area contributed by atoms with Gasteiger partial charge in [0.2, 0.25) is 0 Å². The van der Waals surface area contributed by atoms with E-state index in [4.69, 9.17) is 4.74 Å². The summed E-state index contributed by atoms with van der Waals surface area (Å²) in [5, 5.41) is 10.7. The zero-order valence-corrected chi connectivity index (χ0v) is 13.4. The van der Waals surface area contributed by atoms with Crippen molar-refractivity contribution in [3.8, 4) is 5.75 Å². The number of nitrogens with zero attached hydrogens (tertiary/aromatic N) is 1. The number of ether oxygens (including phenoxy) is 1. The van der Waals surface area contributed by atoms with Crippen molar-refractivity contribution in [2.24, 2.45) is 5.92 Å². The average molecular weight is 289 g/mol. The van der Waals surface area contributed by atoms with E-state index in [1.807, 2.05) is 12.1 Å². The fourth-order valence-corrected chi connectivity index (χ4v) is 3.99. The van der Waals surface area contributed by atoms with Gasteiger partial charge in [0.1, 0.15) is 5.75 Å². The molecule has 116 valence electrons. The molecule has 1 N–H and O–H groups in total. The molecule has 2 atom stereocenters. The maximum atomic E-state index is 10.7. The van der Waals surface area contributed by atoms with Crippen LogP contribution in [0.25, 0.3) is 0 Å². The van der Waals surface area contributed by atoms with Gasteiger partial charge in [0.25, 0.3) is 0 Å². The Labute approximate surface area is 127 Å². The molecule has 0 bridgehead atoms. The quantitative estimate of drug-likeness (QED) is 0.928. The molecule has 0 aromatic heterocycles. The number of rotatable bonds is 3. The molecule has 2 aliphatic rings. The van der Waals surface area contributed by atoms with Gasteiger partial charge in [-0.15, -0.1) is 0 Å². The highest BCUT2D eigenvalue weighted by molar-refractivity contribution is 5.41. The van der Waals surface area contributed by atoms with Gasteiger partial charge in [-0.3, -0.25) is 4.90 Å². The molecular weight excluding hydrogens is 262 g/mol. The highest BCUT2D eigenvalue weighted by atomic mass is 16.5. The minimum Gasteiger partial charge on any atom is -0.497 e. The molecule has 0 aliphatic heterocycles. The van der Waals surface area contributed by atoms with Crippen LogP contribution >= 0.6 is 0 Å². The van der Waals surface area contributed by atoms with Crippen LogP contribution in [0.1, 0.15) is 49.8 Å².